The van der Waals surface area contributed by atoms with E-state index < -0.39 is 24.5 Å². The molecule has 0 unspecified atom stereocenters. The Balaban J connectivity index is 1.36. The third-order valence-electron chi connectivity index (χ3n) is 6.40. The molecule has 0 aliphatic carbocycles. The van der Waals surface area contributed by atoms with Crippen LogP contribution < -0.4 is 5.32 Å². The number of anilines is 1. The second-order valence-electron chi connectivity index (χ2n) is 9.00. The predicted molar refractivity (Wildman–Crippen MR) is 143 cm³/mol. The lowest BCUT2D eigenvalue weighted by Gasteiger charge is -2.30. The summed E-state index contributed by atoms with van der Waals surface area (Å²) in [6.07, 6.45) is 0.687. The number of benzene rings is 3. The zero-order chi connectivity index (χ0) is 26.6. The van der Waals surface area contributed by atoms with E-state index in [1.54, 1.807) is 0 Å². The minimum atomic E-state index is -1.15. The number of amides is 1. The van der Waals surface area contributed by atoms with Crippen LogP contribution in [0.3, 0.4) is 0 Å². The van der Waals surface area contributed by atoms with Crippen LogP contribution in [0, 0.1) is 0 Å². The molecule has 0 saturated carbocycles. The second kappa shape index (κ2) is 11.0. The lowest BCUT2D eigenvalue weighted by Crippen LogP contribution is -2.32. The summed E-state index contributed by atoms with van der Waals surface area (Å²) in [4.78, 5) is 44.3. The van der Waals surface area contributed by atoms with Gasteiger partial charge in [-0.25, -0.2) is 9.59 Å². The molecule has 0 bridgehead atoms. The molecular weight excluding hydrogens is 506 g/mol. The summed E-state index contributed by atoms with van der Waals surface area (Å²) in [5.74, 6) is -2.41. The molecule has 0 saturated heterocycles. The lowest BCUT2D eigenvalue weighted by atomic mass is 9.95. The highest BCUT2D eigenvalue weighted by molar-refractivity contribution is 6.33. The number of carboxylic acids is 1. The average Bonchev–Trinajstić information content (AvgIpc) is 2.92. The topological polar surface area (TPSA) is 109 Å². The number of hydrogen-bond acceptors (Lipinski definition) is 6. The number of pyridine rings is 1. The van der Waals surface area contributed by atoms with Crippen molar-refractivity contribution in [2.45, 2.75) is 19.5 Å². The van der Waals surface area contributed by atoms with E-state index in [2.05, 4.69) is 22.3 Å². The number of esters is 1. The summed E-state index contributed by atoms with van der Waals surface area (Å²) in [7, 11) is 0. The van der Waals surface area contributed by atoms with Gasteiger partial charge in [0.1, 0.15) is 0 Å². The number of nitrogens with one attached hydrogen (secondary N) is 1. The van der Waals surface area contributed by atoms with Crippen molar-refractivity contribution in [2.24, 2.45) is 0 Å². The predicted octanol–water partition coefficient (Wildman–Crippen LogP) is 4.94. The first kappa shape index (κ1) is 25.4. The van der Waals surface area contributed by atoms with Gasteiger partial charge in [-0.05, 0) is 29.8 Å². The van der Waals surface area contributed by atoms with Crippen LogP contribution in [0.25, 0.3) is 10.9 Å². The molecule has 1 amide bonds. The number of hydrogen-bond donors (Lipinski definition) is 2. The number of ether oxygens (including phenoxy) is 1. The van der Waals surface area contributed by atoms with Gasteiger partial charge in [0.2, 0.25) is 0 Å². The molecule has 3 aromatic carbocycles. The third-order valence-corrected chi connectivity index (χ3v) is 6.73. The summed E-state index contributed by atoms with van der Waals surface area (Å²) in [6.45, 7) is 1.50. The minimum Gasteiger partial charge on any atom is -0.478 e. The van der Waals surface area contributed by atoms with E-state index in [9.17, 15) is 19.5 Å². The van der Waals surface area contributed by atoms with Crippen LogP contribution in [-0.4, -0.2) is 46.0 Å². The molecule has 38 heavy (non-hydrogen) atoms. The maximum absolute atomic E-state index is 13.4. The largest absolute Gasteiger partial charge is 0.478 e. The number of fused-ring (bicyclic) bond motifs is 2. The Bertz CT molecular complexity index is 1540. The number of rotatable bonds is 7. The highest BCUT2D eigenvalue weighted by Gasteiger charge is 2.27. The van der Waals surface area contributed by atoms with Gasteiger partial charge in [-0.3, -0.25) is 14.7 Å². The first-order valence-corrected chi connectivity index (χ1v) is 12.4. The number of halogens is 1. The van der Waals surface area contributed by atoms with Crippen LogP contribution in [0.5, 0.6) is 0 Å². The van der Waals surface area contributed by atoms with Crippen molar-refractivity contribution < 1.29 is 24.2 Å². The Hall–Kier alpha value is -4.27. The molecule has 0 fully saturated rings. The van der Waals surface area contributed by atoms with Crippen molar-refractivity contribution in [3.8, 4) is 0 Å². The van der Waals surface area contributed by atoms with Gasteiger partial charge in [0.25, 0.3) is 5.91 Å². The number of carbonyl (C=O) groups excluding carboxylic acids is 2. The Morgan fingerprint density at radius 3 is 2.58 bits per heavy atom. The molecule has 2 N–H and O–H groups in total. The quantitative estimate of drug-likeness (QED) is 0.326. The molecule has 5 rings (SSSR count). The molecule has 8 nitrogen and oxygen atoms in total. The monoisotopic (exact) mass is 529 g/mol. The smallest absolute Gasteiger partial charge is 0.339 e. The van der Waals surface area contributed by atoms with Crippen molar-refractivity contribution in [1.82, 2.24) is 9.88 Å². The molecule has 4 aromatic rings. The minimum absolute atomic E-state index is 0.0309. The SMILES string of the molecule is O=C(COC(=O)c1c2c(nc3ccccc13)CCN(Cc1ccccc1)C2)Nc1cc(C(=O)O)ccc1Cl. The molecule has 0 atom stereocenters. The highest BCUT2D eigenvalue weighted by Crippen LogP contribution is 2.30. The molecule has 2 heterocycles. The van der Waals surface area contributed by atoms with E-state index >= 15 is 0 Å². The van der Waals surface area contributed by atoms with Gasteiger partial charge in [-0.15, -0.1) is 0 Å². The molecule has 9 heteroatoms. The van der Waals surface area contributed by atoms with Gasteiger partial charge in [0.05, 0.1) is 27.4 Å². The van der Waals surface area contributed by atoms with E-state index in [0.29, 0.717) is 29.4 Å². The van der Waals surface area contributed by atoms with Gasteiger partial charge >= 0.3 is 11.9 Å². The number of aromatic carboxylic acids is 1. The fourth-order valence-electron chi connectivity index (χ4n) is 4.60. The molecule has 1 aliphatic heterocycles. The fourth-order valence-corrected chi connectivity index (χ4v) is 4.76. The number of para-hydroxylation sites is 1. The van der Waals surface area contributed by atoms with Crippen molar-refractivity contribution in [1.29, 1.82) is 0 Å². The van der Waals surface area contributed by atoms with Crippen LogP contribution in [0.15, 0.2) is 72.8 Å². The summed E-state index contributed by atoms with van der Waals surface area (Å²) < 4.78 is 5.45. The zero-order valence-electron chi connectivity index (χ0n) is 20.3. The Morgan fingerprint density at radius 1 is 1.03 bits per heavy atom. The second-order valence-corrected chi connectivity index (χ2v) is 9.41. The summed E-state index contributed by atoms with van der Waals surface area (Å²) in [5, 5.41) is 12.5. The van der Waals surface area contributed by atoms with Crippen LogP contribution >= 0.6 is 11.6 Å². The highest BCUT2D eigenvalue weighted by atomic mass is 35.5. The van der Waals surface area contributed by atoms with Crippen molar-refractivity contribution in [3.05, 3.63) is 106 Å². The first-order valence-electron chi connectivity index (χ1n) is 12.1. The van der Waals surface area contributed by atoms with Gasteiger partial charge < -0.3 is 15.2 Å². The van der Waals surface area contributed by atoms with E-state index in [1.165, 1.54) is 23.8 Å². The Morgan fingerprint density at radius 2 is 1.79 bits per heavy atom. The normalized spacial score (nSPS) is 13.1. The van der Waals surface area contributed by atoms with E-state index in [0.717, 1.165) is 24.3 Å². The van der Waals surface area contributed by atoms with E-state index in [-0.39, 0.29) is 16.3 Å². The van der Waals surface area contributed by atoms with Crippen LogP contribution in [0.1, 0.15) is 37.5 Å². The van der Waals surface area contributed by atoms with Crippen LogP contribution in [-0.2, 0) is 29.0 Å². The van der Waals surface area contributed by atoms with Gasteiger partial charge in [0.15, 0.2) is 6.61 Å². The summed E-state index contributed by atoms with van der Waals surface area (Å²) in [5.41, 5.74) is 4.01. The third kappa shape index (κ3) is 5.51. The van der Waals surface area contributed by atoms with E-state index in [1.807, 2.05) is 42.5 Å². The van der Waals surface area contributed by atoms with Gasteiger partial charge in [-0.1, -0.05) is 60.1 Å². The lowest BCUT2D eigenvalue weighted by molar-refractivity contribution is -0.119. The fraction of sp³-hybridized carbons (Fsp3) is 0.172. The van der Waals surface area contributed by atoms with Crippen molar-refractivity contribution in [2.75, 3.05) is 18.5 Å². The number of aromatic nitrogens is 1. The average molecular weight is 530 g/mol. The van der Waals surface area contributed by atoms with Gasteiger partial charge in [-0.2, -0.15) is 0 Å². The summed E-state index contributed by atoms with van der Waals surface area (Å²) in [6, 6.07) is 21.5. The molecular formula is C29H24ClN3O5. The number of carboxylic acid groups (broad SMARTS) is 1. The molecule has 0 radical (unpaired) electrons. The maximum Gasteiger partial charge on any atom is 0.339 e. The first-order chi connectivity index (χ1) is 18.4. The van der Waals surface area contributed by atoms with Gasteiger partial charge in [0, 0.05) is 42.7 Å². The molecule has 1 aliphatic rings. The molecule has 192 valence electrons. The van der Waals surface area contributed by atoms with E-state index in [4.69, 9.17) is 21.3 Å². The van der Waals surface area contributed by atoms with Crippen molar-refractivity contribution in [3.63, 3.8) is 0 Å². The Labute approximate surface area is 223 Å². The zero-order valence-corrected chi connectivity index (χ0v) is 21.1. The maximum atomic E-state index is 13.4. The Kier molecular flexibility index (Phi) is 7.35. The van der Waals surface area contributed by atoms with Crippen molar-refractivity contribution >= 4 is 46.0 Å². The number of carbonyl (C=O) groups is 3. The summed E-state index contributed by atoms with van der Waals surface area (Å²) >= 11 is 6.09. The standard InChI is InChI=1S/C29H24ClN3O5/c30-22-11-10-19(28(35)36)14-25(22)32-26(34)17-38-29(37)27-20-8-4-5-9-23(20)31-24-12-13-33(16-21(24)27)15-18-6-2-1-3-7-18/h1-11,14H,12-13,15-17H2,(H,32,34)(H,35,36). The number of nitrogens with zero attached hydrogens (tertiary/aromatic N) is 2. The molecule has 0 spiro atoms. The molecule has 1 aromatic heterocycles. The van der Waals surface area contributed by atoms with Crippen LogP contribution in [0.2, 0.25) is 5.02 Å². The van der Waals surface area contributed by atoms with Crippen LogP contribution in [0.4, 0.5) is 5.69 Å².